The molecule has 7 nitrogen and oxygen atoms in total. The zero-order valence-corrected chi connectivity index (χ0v) is 15.8. The van der Waals surface area contributed by atoms with E-state index in [2.05, 4.69) is 5.16 Å². The molecule has 1 aromatic heterocycles. The van der Waals surface area contributed by atoms with E-state index in [1.54, 1.807) is 67.6 Å². The fraction of sp³-hybridized carbons (Fsp3) is 0.136. The lowest BCUT2D eigenvalue weighted by atomic mass is 9.95. The number of methoxy groups -OCH3 is 1. The number of amides is 1. The van der Waals surface area contributed by atoms with Gasteiger partial charge in [0, 0.05) is 11.6 Å². The van der Waals surface area contributed by atoms with Gasteiger partial charge in [0.15, 0.2) is 5.82 Å². The molecule has 0 radical (unpaired) electrons. The number of hydrogen-bond acceptors (Lipinski definition) is 6. The third-order valence-electron chi connectivity index (χ3n) is 4.76. The maximum atomic E-state index is 13.0. The van der Waals surface area contributed by atoms with Crippen molar-refractivity contribution in [1.29, 1.82) is 0 Å². The van der Waals surface area contributed by atoms with Crippen molar-refractivity contribution in [2.75, 3.05) is 12.0 Å². The zero-order valence-electron chi connectivity index (χ0n) is 15.8. The van der Waals surface area contributed by atoms with Gasteiger partial charge in [-0.1, -0.05) is 47.6 Å². The molecule has 2 heterocycles. The molecule has 146 valence electrons. The molecule has 1 N–H and O–H groups in total. The summed E-state index contributed by atoms with van der Waals surface area (Å²) in [7, 11) is 1.53. The second kappa shape index (κ2) is 7.27. The lowest BCUT2D eigenvalue weighted by molar-refractivity contribution is -0.132. The molecule has 0 bridgehead atoms. The number of nitrogens with zero attached hydrogens (tertiary/aromatic N) is 2. The Balaban J connectivity index is 1.95. The highest BCUT2D eigenvalue weighted by molar-refractivity contribution is 6.51. The zero-order chi connectivity index (χ0) is 20.5. The third-order valence-corrected chi connectivity index (χ3v) is 4.76. The molecule has 7 heteroatoms. The molecule has 0 spiro atoms. The van der Waals surface area contributed by atoms with E-state index in [9.17, 15) is 14.7 Å². The van der Waals surface area contributed by atoms with Crippen molar-refractivity contribution in [3.05, 3.63) is 83.1 Å². The Morgan fingerprint density at radius 1 is 1.10 bits per heavy atom. The fourth-order valence-electron chi connectivity index (χ4n) is 3.41. The first-order valence-corrected chi connectivity index (χ1v) is 8.95. The van der Waals surface area contributed by atoms with Crippen LogP contribution in [0.4, 0.5) is 5.82 Å². The first-order valence-electron chi connectivity index (χ1n) is 8.95. The number of Topliss-reactive ketones (excluding diaryl/α,β-unsaturated/α-hetero) is 1. The minimum absolute atomic E-state index is 0.0184. The molecule has 0 saturated carbocycles. The van der Waals surface area contributed by atoms with Crippen LogP contribution in [0.25, 0.3) is 5.76 Å². The number of rotatable bonds is 4. The lowest BCUT2D eigenvalue weighted by Gasteiger charge is -2.23. The summed E-state index contributed by atoms with van der Waals surface area (Å²) in [5, 5.41) is 14.9. The molecule has 0 aliphatic carbocycles. The molecule has 1 atom stereocenters. The Morgan fingerprint density at radius 3 is 2.52 bits per heavy atom. The largest absolute Gasteiger partial charge is 0.507 e. The molecule has 1 aliphatic rings. The normalized spacial score (nSPS) is 18.3. The third kappa shape index (κ3) is 3.16. The maximum Gasteiger partial charge on any atom is 0.301 e. The molecule has 1 aliphatic heterocycles. The summed E-state index contributed by atoms with van der Waals surface area (Å²) in [4.78, 5) is 27.1. The van der Waals surface area contributed by atoms with Gasteiger partial charge in [-0.15, -0.1) is 0 Å². The van der Waals surface area contributed by atoms with Gasteiger partial charge in [-0.3, -0.25) is 14.5 Å². The summed E-state index contributed by atoms with van der Waals surface area (Å²) >= 11 is 0. The van der Waals surface area contributed by atoms with Gasteiger partial charge in [-0.2, -0.15) is 0 Å². The Hall–Kier alpha value is -3.87. The first kappa shape index (κ1) is 18.5. The molecule has 1 saturated heterocycles. The lowest BCUT2D eigenvalue weighted by Crippen LogP contribution is -2.29. The van der Waals surface area contributed by atoms with Crippen molar-refractivity contribution < 1.29 is 24.0 Å². The highest BCUT2D eigenvalue weighted by atomic mass is 16.5. The van der Waals surface area contributed by atoms with Crippen molar-refractivity contribution in [1.82, 2.24) is 5.16 Å². The molecule has 1 fully saturated rings. The first-order chi connectivity index (χ1) is 14.0. The molecular formula is C22H18N2O5. The van der Waals surface area contributed by atoms with E-state index in [-0.39, 0.29) is 17.2 Å². The van der Waals surface area contributed by atoms with E-state index < -0.39 is 17.7 Å². The number of carbonyl (C=O) groups excluding carboxylic acids is 2. The van der Waals surface area contributed by atoms with Gasteiger partial charge in [-0.25, -0.2) is 0 Å². The standard InChI is InChI=1S/C22H18N2O5/c1-13-11-17(23-29-13)24-19(15-9-6-10-16(12-15)28-2)18(21(26)22(24)27)20(25)14-7-4-3-5-8-14/h3-12,19,25H,1-2H3/b20-18+/t19-/m1/s1. The number of ketones is 1. The minimum atomic E-state index is -0.880. The number of ether oxygens (including phenoxy) is 1. The summed E-state index contributed by atoms with van der Waals surface area (Å²) in [6.07, 6.45) is 0. The molecule has 29 heavy (non-hydrogen) atoms. The van der Waals surface area contributed by atoms with Crippen molar-refractivity contribution in [2.24, 2.45) is 0 Å². The van der Waals surface area contributed by atoms with E-state index in [1.165, 1.54) is 12.0 Å². The quantitative estimate of drug-likeness (QED) is 0.416. The van der Waals surface area contributed by atoms with Gasteiger partial charge in [0.1, 0.15) is 17.3 Å². The summed E-state index contributed by atoms with van der Waals surface area (Å²) < 4.78 is 10.4. The van der Waals surface area contributed by atoms with Crippen molar-refractivity contribution in [3.63, 3.8) is 0 Å². The Bertz CT molecular complexity index is 1120. The average molecular weight is 390 g/mol. The van der Waals surface area contributed by atoms with Gasteiger partial charge < -0.3 is 14.4 Å². The smallest absolute Gasteiger partial charge is 0.301 e. The average Bonchev–Trinajstić information content (AvgIpc) is 3.29. The number of aliphatic hydroxyl groups is 1. The molecule has 2 aromatic carbocycles. The number of aryl methyl sites for hydroxylation is 1. The summed E-state index contributed by atoms with van der Waals surface area (Å²) in [5.74, 6) is -0.578. The van der Waals surface area contributed by atoms with Crippen molar-refractivity contribution in [2.45, 2.75) is 13.0 Å². The molecule has 1 amide bonds. The number of aromatic nitrogens is 1. The number of aliphatic hydroxyl groups excluding tert-OH is 1. The summed E-state index contributed by atoms with van der Waals surface area (Å²) in [6, 6.07) is 16.3. The molecule has 4 rings (SSSR count). The Kier molecular flexibility index (Phi) is 4.64. The van der Waals surface area contributed by atoms with E-state index >= 15 is 0 Å². The van der Waals surface area contributed by atoms with Gasteiger partial charge in [0.2, 0.25) is 0 Å². The van der Waals surface area contributed by atoms with Crippen molar-refractivity contribution >= 4 is 23.3 Å². The topological polar surface area (TPSA) is 92.9 Å². The predicted molar refractivity (Wildman–Crippen MR) is 105 cm³/mol. The van der Waals surface area contributed by atoms with E-state index in [1.807, 2.05) is 0 Å². The number of anilines is 1. The molecule has 3 aromatic rings. The number of benzene rings is 2. The van der Waals surface area contributed by atoms with E-state index in [4.69, 9.17) is 9.26 Å². The summed E-state index contributed by atoms with van der Waals surface area (Å²) in [5.41, 5.74) is 1.02. The van der Waals surface area contributed by atoms with Gasteiger partial charge in [-0.05, 0) is 24.6 Å². The van der Waals surface area contributed by atoms with Crippen LogP contribution in [0.15, 0.2) is 70.8 Å². The van der Waals surface area contributed by atoms with E-state index in [0.29, 0.717) is 22.6 Å². The van der Waals surface area contributed by atoms with Crippen LogP contribution < -0.4 is 9.64 Å². The van der Waals surface area contributed by atoms with Gasteiger partial charge in [0.05, 0.1) is 18.7 Å². The highest BCUT2D eigenvalue weighted by Crippen LogP contribution is 2.42. The van der Waals surface area contributed by atoms with Gasteiger partial charge >= 0.3 is 5.91 Å². The fourth-order valence-corrected chi connectivity index (χ4v) is 3.41. The maximum absolute atomic E-state index is 13.0. The number of carbonyl (C=O) groups is 2. The van der Waals surface area contributed by atoms with E-state index in [0.717, 1.165) is 0 Å². The predicted octanol–water partition coefficient (Wildman–Crippen LogP) is 3.62. The highest BCUT2D eigenvalue weighted by Gasteiger charge is 2.48. The van der Waals surface area contributed by atoms with Crippen molar-refractivity contribution in [3.8, 4) is 5.75 Å². The van der Waals surface area contributed by atoms with Crippen LogP contribution in [0.2, 0.25) is 0 Å². The molecule has 0 unspecified atom stereocenters. The SMILES string of the molecule is COc1cccc([C@@H]2/C(=C(\O)c3ccccc3)C(=O)C(=O)N2c2cc(C)on2)c1. The van der Waals surface area contributed by atoms with Crippen LogP contribution in [-0.4, -0.2) is 29.1 Å². The summed E-state index contributed by atoms with van der Waals surface area (Å²) in [6.45, 7) is 1.69. The molecular weight excluding hydrogens is 372 g/mol. The van der Waals surface area contributed by atoms with Crippen LogP contribution in [0.3, 0.4) is 0 Å². The minimum Gasteiger partial charge on any atom is -0.507 e. The second-order valence-corrected chi connectivity index (χ2v) is 6.61. The van der Waals surface area contributed by atoms with Crippen LogP contribution in [0.5, 0.6) is 5.75 Å². The second-order valence-electron chi connectivity index (χ2n) is 6.61. The Morgan fingerprint density at radius 2 is 1.86 bits per heavy atom. The Labute approximate surface area is 166 Å². The van der Waals surface area contributed by atoms with Crippen LogP contribution in [0.1, 0.15) is 22.9 Å². The van der Waals surface area contributed by atoms with Crippen LogP contribution >= 0.6 is 0 Å². The van der Waals surface area contributed by atoms with Crippen LogP contribution in [0, 0.1) is 6.92 Å². The van der Waals surface area contributed by atoms with Crippen LogP contribution in [-0.2, 0) is 9.59 Å². The van der Waals surface area contributed by atoms with Gasteiger partial charge in [0.25, 0.3) is 5.78 Å². The monoisotopic (exact) mass is 390 g/mol. The number of hydrogen-bond donors (Lipinski definition) is 1.